The molecule has 2 amide bonds. The number of hydrogen-bond donors (Lipinski definition) is 1. The number of nitrogens with one attached hydrogen (secondary N) is 1. The number of piperidine rings is 2. The highest BCUT2D eigenvalue weighted by molar-refractivity contribution is 5.90. The zero-order valence-electron chi connectivity index (χ0n) is 21.9. The average Bonchev–Trinajstić information content (AvgIpc) is 2.77. The maximum Gasteiger partial charge on any atom is 0.408 e. The summed E-state index contributed by atoms with van der Waals surface area (Å²) in [4.78, 5) is 36.0. The predicted molar refractivity (Wildman–Crippen MR) is 131 cm³/mol. The van der Waals surface area contributed by atoms with E-state index in [2.05, 4.69) is 34.0 Å². The lowest BCUT2D eigenvalue weighted by Crippen LogP contribution is -2.66. The van der Waals surface area contributed by atoms with Gasteiger partial charge in [0.05, 0.1) is 0 Å². The largest absolute Gasteiger partial charge is 0.444 e. The van der Waals surface area contributed by atoms with Crippen LogP contribution in [0.5, 0.6) is 0 Å². The van der Waals surface area contributed by atoms with Gasteiger partial charge in [-0.1, -0.05) is 6.92 Å². The van der Waals surface area contributed by atoms with Crippen LogP contribution < -0.4 is 5.32 Å². The van der Waals surface area contributed by atoms with E-state index in [1.807, 2.05) is 32.6 Å². The second-order valence-electron chi connectivity index (χ2n) is 11.4. The third-order valence-electron chi connectivity index (χ3n) is 7.86. The van der Waals surface area contributed by atoms with E-state index >= 15 is 0 Å². The second kappa shape index (κ2) is 10.9. The third-order valence-corrected chi connectivity index (χ3v) is 7.86. The number of alkyl carbamates (subject to hydrolysis) is 1. The van der Waals surface area contributed by atoms with Crippen molar-refractivity contribution in [1.82, 2.24) is 24.9 Å². The van der Waals surface area contributed by atoms with Crippen LogP contribution in [0.2, 0.25) is 0 Å². The van der Waals surface area contributed by atoms with Crippen molar-refractivity contribution < 1.29 is 14.3 Å². The summed E-state index contributed by atoms with van der Waals surface area (Å²) in [6, 6.07) is 0.630. The molecule has 1 N–H and O–H groups in total. The standard InChI is InChI=1S/C25H47N5O3/c1-7-28-14-10-21(11-15-28)29-16-18-30(19-17-29)22(31)25(5,20-8-12-27(6)13-9-20)26-23(32)33-24(2,3)4/h20-21H,7-19H2,1-6H3,(H,26,32)/t25-/m0/s1. The van der Waals surface area contributed by atoms with Gasteiger partial charge in [-0.15, -0.1) is 0 Å². The highest BCUT2D eigenvalue weighted by atomic mass is 16.6. The lowest BCUT2D eigenvalue weighted by Gasteiger charge is -2.47. The smallest absolute Gasteiger partial charge is 0.408 e. The first-order valence-corrected chi connectivity index (χ1v) is 13.0. The van der Waals surface area contributed by atoms with Gasteiger partial charge in [-0.2, -0.15) is 0 Å². The van der Waals surface area contributed by atoms with Crippen LogP contribution in [0.15, 0.2) is 0 Å². The number of ether oxygens (including phenoxy) is 1. The summed E-state index contributed by atoms with van der Waals surface area (Å²) in [5.41, 5.74) is -1.54. The first-order chi connectivity index (χ1) is 15.5. The van der Waals surface area contributed by atoms with Gasteiger partial charge in [0.25, 0.3) is 0 Å². The van der Waals surface area contributed by atoms with E-state index in [-0.39, 0.29) is 11.8 Å². The monoisotopic (exact) mass is 465 g/mol. The molecule has 3 heterocycles. The van der Waals surface area contributed by atoms with Crippen molar-refractivity contribution in [2.45, 2.75) is 77.5 Å². The summed E-state index contributed by atoms with van der Waals surface area (Å²) in [5, 5.41) is 3.03. The van der Waals surface area contributed by atoms with Gasteiger partial charge in [-0.25, -0.2) is 4.79 Å². The molecule has 3 aliphatic heterocycles. The molecule has 33 heavy (non-hydrogen) atoms. The van der Waals surface area contributed by atoms with Crippen molar-refractivity contribution in [3.05, 3.63) is 0 Å². The van der Waals surface area contributed by atoms with Crippen LogP contribution in [-0.4, -0.2) is 115 Å². The lowest BCUT2D eigenvalue weighted by atomic mass is 9.77. The van der Waals surface area contributed by atoms with E-state index in [4.69, 9.17) is 4.74 Å². The molecule has 0 spiro atoms. The molecular weight excluding hydrogens is 418 g/mol. The van der Waals surface area contributed by atoms with Crippen LogP contribution in [0.4, 0.5) is 4.79 Å². The average molecular weight is 466 g/mol. The van der Waals surface area contributed by atoms with E-state index in [0.717, 1.165) is 58.7 Å². The van der Waals surface area contributed by atoms with E-state index < -0.39 is 17.2 Å². The Labute approximate surface area is 201 Å². The molecule has 190 valence electrons. The third kappa shape index (κ3) is 6.83. The van der Waals surface area contributed by atoms with Crippen molar-refractivity contribution in [3.63, 3.8) is 0 Å². The Bertz CT molecular complexity index is 657. The predicted octanol–water partition coefficient (Wildman–Crippen LogP) is 2.24. The molecule has 3 aliphatic rings. The molecule has 1 atom stereocenters. The summed E-state index contributed by atoms with van der Waals surface area (Å²) in [6.45, 7) is 18.4. The van der Waals surface area contributed by atoms with Gasteiger partial charge in [0.2, 0.25) is 5.91 Å². The molecule has 0 radical (unpaired) electrons. The summed E-state index contributed by atoms with van der Waals surface area (Å²) >= 11 is 0. The van der Waals surface area contributed by atoms with Gasteiger partial charge >= 0.3 is 6.09 Å². The molecule has 0 aliphatic carbocycles. The van der Waals surface area contributed by atoms with E-state index in [9.17, 15) is 9.59 Å². The Hall–Kier alpha value is -1.38. The molecule has 3 saturated heterocycles. The molecule has 0 bridgehead atoms. The van der Waals surface area contributed by atoms with Crippen LogP contribution >= 0.6 is 0 Å². The number of likely N-dealkylation sites (tertiary alicyclic amines) is 2. The van der Waals surface area contributed by atoms with Gasteiger partial charge < -0.3 is 24.8 Å². The van der Waals surface area contributed by atoms with Gasteiger partial charge in [-0.05, 0) is 99.1 Å². The molecule has 3 fully saturated rings. The molecule has 0 aromatic rings. The van der Waals surface area contributed by atoms with Crippen LogP contribution in [-0.2, 0) is 9.53 Å². The van der Waals surface area contributed by atoms with E-state index in [1.165, 1.54) is 25.9 Å². The molecular formula is C25H47N5O3. The number of piperazine rings is 1. The minimum absolute atomic E-state index is 0.0448. The maximum atomic E-state index is 13.9. The minimum atomic E-state index is -0.946. The summed E-state index contributed by atoms with van der Waals surface area (Å²) in [6.07, 6.45) is 3.72. The van der Waals surface area contributed by atoms with Crippen molar-refractivity contribution >= 4 is 12.0 Å². The fourth-order valence-corrected chi connectivity index (χ4v) is 5.65. The van der Waals surface area contributed by atoms with Gasteiger partial charge in [0.15, 0.2) is 0 Å². The van der Waals surface area contributed by atoms with Gasteiger partial charge in [0.1, 0.15) is 11.1 Å². The number of carbonyl (C=O) groups is 2. The van der Waals surface area contributed by atoms with Gasteiger partial charge in [-0.3, -0.25) is 9.69 Å². The summed E-state index contributed by atoms with van der Waals surface area (Å²) < 4.78 is 5.55. The van der Waals surface area contributed by atoms with Crippen LogP contribution in [0.1, 0.15) is 60.3 Å². The molecule has 0 aromatic carbocycles. The summed E-state index contributed by atoms with van der Waals surface area (Å²) in [5.74, 6) is 0.147. The quantitative estimate of drug-likeness (QED) is 0.672. The highest BCUT2D eigenvalue weighted by Gasteiger charge is 2.47. The van der Waals surface area contributed by atoms with Crippen molar-refractivity contribution in [1.29, 1.82) is 0 Å². The Kier molecular flexibility index (Phi) is 8.67. The minimum Gasteiger partial charge on any atom is -0.444 e. The van der Waals surface area contributed by atoms with Crippen LogP contribution in [0.3, 0.4) is 0 Å². The van der Waals surface area contributed by atoms with E-state index in [1.54, 1.807) is 0 Å². The SMILES string of the molecule is CCN1CCC(N2CCN(C(=O)[C@@](C)(NC(=O)OC(C)(C)C)C3CCN(C)CC3)CC2)CC1. The number of carbonyl (C=O) groups excluding carboxylic acids is 2. The van der Waals surface area contributed by atoms with Crippen molar-refractivity contribution in [2.24, 2.45) is 5.92 Å². The Balaban J connectivity index is 1.64. The van der Waals surface area contributed by atoms with Crippen LogP contribution in [0, 0.1) is 5.92 Å². The number of amides is 2. The normalized spacial score (nSPS) is 25.0. The fourth-order valence-electron chi connectivity index (χ4n) is 5.65. The van der Waals surface area contributed by atoms with Gasteiger partial charge in [0, 0.05) is 32.2 Å². The maximum absolute atomic E-state index is 13.9. The number of hydrogen-bond acceptors (Lipinski definition) is 6. The molecule has 0 saturated carbocycles. The topological polar surface area (TPSA) is 68.4 Å². The van der Waals surface area contributed by atoms with E-state index in [0.29, 0.717) is 6.04 Å². The second-order valence-corrected chi connectivity index (χ2v) is 11.4. The summed E-state index contributed by atoms with van der Waals surface area (Å²) in [7, 11) is 2.11. The highest BCUT2D eigenvalue weighted by Crippen LogP contribution is 2.31. The lowest BCUT2D eigenvalue weighted by molar-refractivity contribution is -0.143. The molecule has 8 nitrogen and oxygen atoms in total. The van der Waals surface area contributed by atoms with Crippen molar-refractivity contribution in [3.8, 4) is 0 Å². The Morgan fingerprint density at radius 1 is 0.879 bits per heavy atom. The first-order valence-electron chi connectivity index (χ1n) is 13.0. The Morgan fingerprint density at radius 3 is 1.97 bits per heavy atom. The molecule has 0 unspecified atom stereocenters. The zero-order valence-corrected chi connectivity index (χ0v) is 21.9. The molecule has 8 heteroatoms. The zero-order chi connectivity index (χ0) is 24.2. The molecule has 3 rings (SSSR count). The Morgan fingerprint density at radius 2 is 1.45 bits per heavy atom. The number of rotatable bonds is 5. The van der Waals surface area contributed by atoms with Crippen molar-refractivity contribution in [2.75, 3.05) is 66.0 Å². The fraction of sp³-hybridized carbons (Fsp3) is 0.920. The molecule has 0 aromatic heterocycles. The van der Waals surface area contributed by atoms with Crippen LogP contribution in [0.25, 0.3) is 0 Å². The number of nitrogens with zero attached hydrogens (tertiary/aromatic N) is 4. The first kappa shape index (κ1) is 26.2.